The van der Waals surface area contributed by atoms with E-state index >= 15 is 0 Å². The van der Waals surface area contributed by atoms with Crippen molar-refractivity contribution in [3.63, 3.8) is 0 Å². The molecule has 0 aromatic heterocycles. The Bertz CT molecular complexity index is 121. The van der Waals surface area contributed by atoms with Crippen molar-refractivity contribution < 1.29 is 13.5 Å². The van der Waals surface area contributed by atoms with Gasteiger partial charge in [0, 0.05) is 6.04 Å². The first-order valence-electron chi connectivity index (χ1n) is 3.89. The van der Waals surface area contributed by atoms with Gasteiger partial charge in [-0.2, -0.15) is 8.78 Å². The van der Waals surface area contributed by atoms with Crippen molar-refractivity contribution in [1.29, 1.82) is 0 Å². The number of ether oxygens (including phenoxy) is 1. The second-order valence-electron chi connectivity index (χ2n) is 2.88. The Morgan fingerprint density at radius 2 is 1.91 bits per heavy atom. The van der Waals surface area contributed by atoms with Crippen LogP contribution in [0.4, 0.5) is 8.78 Å². The number of hydrogen-bond acceptors (Lipinski definition) is 2. The minimum Gasteiger partial charge on any atom is -0.325 e. The van der Waals surface area contributed by atoms with Crippen LogP contribution in [0.25, 0.3) is 0 Å². The van der Waals surface area contributed by atoms with Crippen molar-refractivity contribution in [2.75, 3.05) is 0 Å². The maximum atomic E-state index is 11.7. The van der Waals surface area contributed by atoms with Gasteiger partial charge in [-0.1, -0.05) is 12.8 Å². The van der Waals surface area contributed by atoms with Gasteiger partial charge in [0.05, 0.1) is 6.10 Å². The van der Waals surface area contributed by atoms with E-state index in [2.05, 4.69) is 4.74 Å². The van der Waals surface area contributed by atoms with Crippen LogP contribution in [0.1, 0.15) is 25.7 Å². The van der Waals surface area contributed by atoms with E-state index in [4.69, 9.17) is 5.73 Å². The lowest BCUT2D eigenvalue weighted by atomic mass is 9.93. The zero-order valence-electron chi connectivity index (χ0n) is 6.30. The van der Waals surface area contributed by atoms with Gasteiger partial charge in [-0.3, -0.25) is 0 Å². The van der Waals surface area contributed by atoms with E-state index in [0.29, 0.717) is 6.42 Å². The summed E-state index contributed by atoms with van der Waals surface area (Å²) in [6.07, 6.45) is 3.03. The molecule has 0 spiro atoms. The molecule has 1 rings (SSSR count). The first kappa shape index (κ1) is 8.87. The van der Waals surface area contributed by atoms with E-state index in [1.54, 1.807) is 0 Å². The van der Waals surface area contributed by atoms with Gasteiger partial charge < -0.3 is 10.5 Å². The Morgan fingerprint density at radius 3 is 2.45 bits per heavy atom. The third kappa shape index (κ3) is 2.71. The highest BCUT2D eigenvalue weighted by atomic mass is 19.3. The quantitative estimate of drug-likeness (QED) is 0.672. The fraction of sp³-hybridized carbons (Fsp3) is 1.00. The number of halogens is 2. The summed E-state index contributed by atoms with van der Waals surface area (Å²) in [6.45, 7) is -2.68. The van der Waals surface area contributed by atoms with Crippen LogP contribution in [0.2, 0.25) is 0 Å². The van der Waals surface area contributed by atoms with Crippen molar-refractivity contribution in [1.82, 2.24) is 0 Å². The predicted molar refractivity (Wildman–Crippen MR) is 37.3 cm³/mol. The molecule has 1 fully saturated rings. The first-order valence-corrected chi connectivity index (χ1v) is 3.89. The van der Waals surface area contributed by atoms with Crippen LogP contribution in [-0.2, 0) is 4.74 Å². The van der Waals surface area contributed by atoms with Gasteiger partial charge >= 0.3 is 6.61 Å². The summed E-state index contributed by atoms with van der Waals surface area (Å²) in [4.78, 5) is 0. The molecule has 0 heterocycles. The van der Waals surface area contributed by atoms with Gasteiger partial charge in [0.15, 0.2) is 0 Å². The average Bonchev–Trinajstić information content (AvgIpc) is 1.93. The van der Waals surface area contributed by atoms with Gasteiger partial charge in [-0.25, -0.2) is 0 Å². The minimum absolute atomic E-state index is 0.197. The van der Waals surface area contributed by atoms with Gasteiger partial charge in [0.25, 0.3) is 0 Å². The van der Waals surface area contributed by atoms with Crippen LogP contribution in [0.15, 0.2) is 0 Å². The fourth-order valence-electron chi connectivity index (χ4n) is 1.43. The van der Waals surface area contributed by atoms with E-state index in [0.717, 1.165) is 19.3 Å². The average molecular weight is 165 g/mol. The fourth-order valence-corrected chi connectivity index (χ4v) is 1.43. The third-order valence-electron chi connectivity index (χ3n) is 2.03. The van der Waals surface area contributed by atoms with Crippen molar-refractivity contribution >= 4 is 0 Å². The summed E-state index contributed by atoms with van der Waals surface area (Å²) in [5.74, 6) is 0. The zero-order chi connectivity index (χ0) is 8.27. The Morgan fingerprint density at radius 1 is 1.27 bits per heavy atom. The Balaban J connectivity index is 2.29. The molecule has 0 bridgehead atoms. The Hall–Kier alpha value is -0.220. The summed E-state index contributed by atoms with van der Waals surface area (Å²) in [5.41, 5.74) is 5.57. The van der Waals surface area contributed by atoms with Crippen molar-refractivity contribution in [3.8, 4) is 0 Å². The zero-order valence-corrected chi connectivity index (χ0v) is 6.30. The van der Waals surface area contributed by atoms with Crippen LogP contribution in [0.5, 0.6) is 0 Å². The van der Waals surface area contributed by atoms with E-state index < -0.39 is 12.7 Å². The van der Waals surface area contributed by atoms with Crippen LogP contribution in [-0.4, -0.2) is 18.8 Å². The summed E-state index contributed by atoms with van der Waals surface area (Å²) < 4.78 is 27.8. The lowest BCUT2D eigenvalue weighted by Crippen LogP contribution is -2.40. The molecule has 2 N–H and O–H groups in total. The smallest absolute Gasteiger partial charge is 0.325 e. The highest BCUT2D eigenvalue weighted by Crippen LogP contribution is 2.21. The van der Waals surface area contributed by atoms with Crippen LogP contribution >= 0.6 is 0 Å². The van der Waals surface area contributed by atoms with Crippen LogP contribution in [0, 0.1) is 0 Å². The third-order valence-corrected chi connectivity index (χ3v) is 2.03. The lowest BCUT2D eigenvalue weighted by molar-refractivity contribution is -0.173. The number of hydrogen-bond donors (Lipinski definition) is 1. The van der Waals surface area contributed by atoms with Crippen molar-refractivity contribution in [2.24, 2.45) is 5.73 Å². The molecule has 0 amide bonds. The molecule has 11 heavy (non-hydrogen) atoms. The van der Waals surface area contributed by atoms with Gasteiger partial charge in [-0.05, 0) is 12.8 Å². The molecule has 0 aromatic rings. The monoisotopic (exact) mass is 165 g/mol. The molecule has 0 saturated heterocycles. The normalized spacial score (nSPS) is 32.7. The van der Waals surface area contributed by atoms with Crippen LogP contribution < -0.4 is 5.73 Å². The maximum Gasteiger partial charge on any atom is 0.345 e. The largest absolute Gasteiger partial charge is 0.345 e. The molecule has 2 atom stereocenters. The first-order chi connectivity index (χ1) is 5.20. The molecule has 0 aromatic carbocycles. The molecule has 0 radical (unpaired) electrons. The molecule has 1 saturated carbocycles. The summed E-state index contributed by atoms with van der Waals surface area (Å²) in [7, 11) is 0. The van der Waals surface area contributed by atoms with Crippen LogP contribution in [0.3, 0.4) is 0 Å². The molecule has 4 heteroatoms. The molecular weight excluding hydrogens is 152 g/mol. The highest BCUT2D eigenvalue weighted by molar-refractivity contribution is 4.78. The van der Waals surface area contributed by atoms with E-state index in [9.17, 15) is 8.78 Å². The SMILES string of the molecule is N[C@@H]1CCCC[C@H]1OC(F)F. The van der Waals surface area contributed by atoms with Gasteiger partial charge in [-0.15, -0.1) is 0 Å². The molecule has 1 aliphatic rings. The molecule has 0 unspecified atom stereocenters. The molecular formula is C7H13F2NO. The minimum atomic E-state index is -2.68. The Kier molecular flexibility index (Phi) is 3.20. The van der Waals surface area contributed by atoms with E-state index in [1.807, 2.05) is 0 Å². The molecule has 2 nitrogen and oxygen atoms in total. The van der Waals surface area contributed by atoms with E-state index in [-0.39, 0.29) is 6.04 Å². The number of rotatable bonds is 2. The molecule has 0 aliphatic heterocycles. The van der Waals surface area contributed by atoms with Gasteiger partial charge in [0.1, 0.15) is 0 Å². The number of alkyl halides is 2. The molecule has 66 valence electrons. The molecule has 1 aliphatic carbocycles. The van der Waals surface area contributed by atoms with E-state index in [1.165, 1.54) is 0 Å². The summed E-state index contributed by atoms with van der Waals surface area (Å²) >= 11 is 0. The number of nitrogens with two attached hydrogens (primary N) is 1. The van der Waals surface area contributed by atoms with Crippen molar-refractivity contribution in [3.05, 3.63) is 0 Å². The second-order valence-corrected chi connectivity index (χ2v) is 2.88. The highest BCUT2D eigenvalue weighted by Gasteiger charge is 2.24. The summed E-state index contributed by atoms with van der Waals surface area (Å²) in [5, 5.41) is 0. The van der Waals surface area contributed by atoms with Gasteiger partial charge in [0.2, 0.25) is 0 Å². The van der Waals surface area contributed by atoms with Crippen molar-refractivity contribution in [2.45, 2.75) is 44.4 Å². The predicted octanol–water partition coefficient (Wildman–Crippen LogP) is 1.50. The second kappa shape index (κ2) is 3.97. The maximum absolute atomic E-state index is 11.7. The Labute approximate surface area is 64.7 Å². The standard InChI is InChI=1S/C7H13F2NO/c8-7(9)11-6-4-2-1-3-5(6)10/h5-7H,1-4,10H2/t5-,6-/m1/s1. The lowest BCUT2D eigenvalue weighted by Gasteiger charge is -2.27. The summed E-state index contributed by atoms with van der Waals surface area (Å²) in [6, 6.07) is -0.197. The topological polar surface area (TPSA) is 35.2 Å².